The van der Waals surface area contributed by atoms with E-state index in [1.165, 1.54) is 4.90 Å². The van der Waals surface area contributed by atoms with Crippen LogP contribution < -0.4 is 15.4 Å². The van der Waals surface area contributed by atoms with E-state index in [1.54, 1.807) is 29.9 Å². The Bertz CT molecular complexity index is 1130. The Morgan fingerprint density at radius 2 is 2.00 bits per heavy atom. The quantitative estimate of drug-likeness (QED) is 0.458. The van der Waals surface area contributed by atoms with Crippen LogP contribution in [0.1, 0.15) is 6.92 Å². The van der Waals surface area contributed by atoms with Gasteiger partial charge in [-0.1, -0.05) is 35.9 Å². The highest BCUT2D eigenvalue weighted by atomic mass is 35.5. The number of methoxy groups -OCH3 is 1. The van der Waals surface area contributed by atoms with Gasteiger partial charge in [0.15, 0.2) is 0 Å². The third-order valence-corrected chi connectivity index (χ3v) is 4.98. The fraction of sp³-hybridized carbons (Fsp3) is 0.208. The summed E-state index contributed by atoms with van der Waals surface area (Å²) in [6.07, 6.45) is 3.39. The molecule has 172 valence electrons. The Morgan fingerprint density at radius 1 is 1.24 bits per heavy atom. The van der Waals surface area contributed by atoms with Crippen LogP contribution in [-0.2, 0) is 4.79 Å². The first kappa shape index (κ1) is 23.9. The van der Waals surface area contributed by atoms with Gasteiger partial charge in [0.05, 0.1) is 18.5 Å². The van der Waals surface area contributed by atoms with Gasteiger partial charge in [0, 0.05) is 35.9 Å². The highest BCUT2D eigenvalue weighted by Gasteiger charge is 2.19. The number of imidazole rings is 1. The third kappa shape index (κ3) is 6.14. The Kier molecular flexibility index (Phi) is 8.10. The number of carbonyl (C=O) groups is 2. The Balaban J connectivity index is 1.93. The first-order chi connectivity index (χ1) is 15.9. The summed E-state index contributed by atoms with van der Waals surface area (Å²) in [7, 11) is 1.59. The van der Waals surface area contributed by atoms with Crippen molar-refractivity contribution in [1.29, 1.82) is 0 Å². The minimum atomic E-state index is -0.388. The van der Waals surface area contributed by atoms with Crippen molar-refractivity contribution in [3.05, 3.63) is 72.4 Å². The number of nitrogens with one attached hydrogen (secondary N) is 2. The van der Waals surface area contributed by atoms with Crippen LogP contribution in [0.3, 0.4) is 0 Å². The molecule has 2 N–H and O–H groups in total. The number of nitrogens with zero attached hydrogens (tertiary/aromatic N) is 3. The molecule has 0 aliphatic rings. The van der Waals surface area contributed by atoms with Crippen LogP contribution in [0.2, 0.25) is 5.02 Å². The van der Waals surface area contributed by atoms with Crippen LogP contribution in [0.15, 0.2) is 67.4 Å². The van der Waals surface area contributed by atoms with Crippen LogP contribution in [0, 0.1) is 0 Å². The molecular weight excluding hydrogens is 442 g/mol. The first-order valence-electron chi connectivity index (χ1n) is 10.4. The molecule has 0 aliphatic carbocycles. The summed E-state index contributed by atoms with van der Waals surface area (Å²) >= 11 is 6.01. The van der Waals surface area contributed by atoms with E-state index < -0.39 is 0 Å². The van der Waals surface area contributed by atoms with E-state index in [-0.39, 0.29) is 25.0 Å². The summed E-state index contributed by atoms with van der Waals surface area (Å²) in [4.78, 5) is 31.1. The molecule has 8 nitrogen and oxygen atoms in total. The lowest BCUT2D eigenvalue weighted by Crippen LogP contribution is -2.44. The van der Waals surface area contributed by atoms with Crippen LogP contribution in [0.5, 0.6) is 5.75 Å². The monoisotopic (exact) mass is 467 g/mol. The Morgan fingerprint density at radius 3 is 2.67 bits per heavy atom. The molecule has 0 fully saturated rings. The smallest absolute Gasteiger partial charge is 0.318 e. The zero-order valence-corrected chi connectivity index (χ0v) is 19.3. The fourth-order valence-electron chi connectivity index (χ4n) is 3.16. The van der Waals surface area contributed by atoms with Gasteiger partial charge in [-0.15, -0.1) is 6.58 Å². The van der Waals surface area contributed by atoms with Gasteiger partial charge in [-0.05, 0) is 31.2 Å². The summed E-state index contributed by atoms with van der Waals surface area (Å²) in [6, 6.07) is 14.3. The van der Waals surface area contributed by atoms with Gasteiger partial charge in [-0.25, -0.2) is 9.78 Å². The van der Waals surface area contributed by atoms with E-state index in [0.29, 0.717) is 29.0 Å². The number of anilines is 1. The molecule has 3 aromatic rings. The van der Waals surface area contributed by atoms with Crippen LogP contribution in [-0.4, -0.2) is 53.1 Å². The first-order valence-corrected chi connectivity index (χ1v) is 10.8. The van der Waals surface area contributed by atoms with Crippen molar-refractivity contribution >= 4 is 29.5 Å². The number of benzene rings is 2. The molecule has 1 heterocycles. The van der Waals surface area contributed by atoms with Crippen molar-refractivity contribution in [2.75, 3.05) is 32.1 Å². The van der Waals surface area contributed by atoms with Crippen molar-refractivity contribution in [3.63, 3.8) is 0 Å². The normalized spacial score (nSPS) is 10.4. The van der Waals surface area contributed by atoms with E-state index in [9.17, 15) is 9.59 Å². The molecule has 0 atom stereocenters. The molecule has 0 bridgehead atoms. The Labute approximate surface area is 197 Å². The maximum absolute atomic E-state index is 12.8. The molecule has 9 heteroatoms. The summed E-state index contributed by atoms with van der Waals surface area (Å²) < 4.78 is 7.09. The van der Waals surface area contributed by atoms with Crippen LogP contribution in [0.25, 0.3) is 16.9 Å². The summed E-state index contributed by atoms with van der Waals surface area (Å²) in [5.41, 5.74) is 2.24. The molecule has 0 unspecified atom stereocenters. The van der Waals surface area contributed by atoms with Gasteiger partial charge in [0.25, 0.3) is 0 Å². The SMILES string of the molecule is C=CCN(CC(=O)Nc1nc(-c2ccc(Cl)cc2)cn1-c1cccc(OC)c1)C(=O)NCC. The number of amides is 3. The van der Waals surface area contributed by atoms with Crippen molar-refractivity contribution in [2.45, 2.75) is 6.92 Å². The maximum Gasteiger partial charge on any atom is 0.318 e. The minimum absolute atomic E-state index is 0.154. The number of carbonyl (C=O) groups excluding carboxylic acids is 2. The maximum atomic E-state index is 12.8. The number of ether oxygens (including phenoxy) is 1. The summed E-state index contributed by atoms with van der Waals surface area (Å²) in [5.74, 6) is 0.591. The molecule has 0 radical (unpaired) electrons. The van der Waals surface area contributed by atoms with E-state index in [1.807, 2.05) is 49.5 Å². The number of aromatic nitrogens is 2. The second-order valence-electron chi connectivity index (χ2n) is 7.08. The fourth-order valence-corrected chi connectivity index (χ4v) is 3.29. The van der Waals surface area contributed by atoms with E-state index in [2.05, 4.69) is 22.2 Å². The molecule has 0 spiro atoms. The molecule has 0 saturated carbocycles. The lowest BCUT2D eigenvalue weighted by molar-refractivity contribution is -0.116. The molecule has 2 aromatic carbocycles. The second kappa shape index (κ2) is 11.2. The average Bonchev–Trinajstić information content (AvgIpc) is 3.23. The van der Waals surface area contributed by atoms with Crippen molar-refractivity contribution in [2.24, 2.45) is 0 Å². The number of hydrogen-bond acceptors (Lipinski definition) is 4. The minimum Gasteiger partial charge on any atom is -0.497 e. The zero-order chi connectivity index (χ0) is 23.8. The number of hydrogen-bond donors (Lipinski definition) is 2. The van der Waals surface area contributed by atoms with Gasteiger partial charge < -0.3 is 15.0 Å². The van der Waals surface area contributed by atoms with Crippen LogP contribution in [0.4, 0.5) is 10.7 Å². The number of rotatable bonds is 9. The molecule has 3 rings (SSSR count). The predicted octanol–water partition coefficient (Wildman–Crippen LogP) is 4.36. The van der Waals surface area contributed by atoms with Crippen molar-refractivity contribution < 1.29 is 14.3 Å². The topological polar surface area (TPSA) is 88.5 Å². The van der Waals surface area contributed by atoms with E-state index in [0.717, 1.165) is 11.3 Å². The second-order valence-corrected chi connectivity index (χ2v) is 7.52. The highest BCUT2D eigenvalue weighted by molar-refractivity contribution is 6.30. The van der Waals surface area contributed by atoms with Crippen LogP contribution >= 0.6 is 11.6 Å². The standard InChI is InChI=1S/C24H26ClN5O3/c1-4-13-29(24(32)26-5-2)16-22(31)28-23-27-21(17-9-11-18(25)12-10-17)15-30(23)19-7-6-8-20(14-19)33-3/h4,6-12,14-15H,1,5,13,16H2,2-3H3,(H,26,32)(H,27,28,31). The summed E-state index contributed by atoms with van der Waals surface area (Å²) in [6.45, 7) is 6.01. The van der Waals surface area contributed by atoms with Gasteiger partial charge in [0.2, 0.25) is 11.9 Å². The van der Waals surface area contributed by atoms with Gasteiger partial charge in [0.1, 0.15) is 12.3 Å². The molecule has 1 aromatic heterocycles. The lowest BCUT2D eigenvalue weighted by atomic mass is 10.2. The van der Waals surface area contributed by atoms with E-state index in [4.69, 9.17) is 16.3 Å². The molecule has 33 heavy (non-hydrogen) atoms. The van der Waals surface area contributed by atoms with Crippen molar-refractivity contribution in [1.82, 2.24) is 19.8 Å². The lowest BCUT2D eigenvalue weighted by Gasteiger charge is -2.20. The van der Waals surface area contributed by atoms with Crippen molar-refractivity contribution in [3.8, 4) is 22.7 Å². The molecule has 3 amide bonds. The highest BCUT2D eigenvalue weighted by Crippen LogP contribution is 2.27. The Hall–Kier alpha value is -3.78. The molecular formula is C24H26ClN5O3. The summed E-state index contributed by atoms with van der Waals surface area (Å²) in [5, 5.41) is 6.14. The number of urea groups is 1. The molecule has 0 saturated heterocycles. The zero-order valence-electron chi connectivity index (χ0n) is 18.5. The third-order valence-electron chi connectivity index (χ3n) is 4.73. The van der Waals surface area contributed by atoms with Gasteiger partial charge >= 0.3 is 6.03 Å². The average molecular weight is 468 g/mol. The largest absolute Gasteiger partial charge is 0.497 e. The number of halogens is 1. The predicted molar refractivity (Wildman–Crippen MR) is 130 cm³/mol. The van der Waals surface area contributed by atoms with E-state index >= 15 is 0 Å². The van der Waals surface area contributed by atoms with Gasteiger partial charge in [-0.2, -0.15) is 0 Å². The van der Waals surface area contributed by atoms with Gasteiger partial charge in [-0.3, -0.25) is 14.7 Å². The molecule has 0 aliphatic heterocycles.